The van der Waals surface area contributed by atoms with Crippen LogP contribution in [0.2, 0.25) is 0 Å². The molecule has 0 atom stereocenters. The van der Waals surface area contributed by atoms with Gasteiger partial charge in [-0.1, -0.05) is 0 Å². The van der Waals surface area contributed by atoms with Gasteiger partial charge in [0, 0.05) is 6.20 Å². The fraction of sp³-hybridized carbons (Fsp3) is 0. The number of nitrogens with zero attached hydrogens (tertiary/aromatic N) is 2. The van der Waals surface area contributed by atoms with Crippen LogP contribution in [0.4, 0.5) is 4.39 Å². The third kappa shape index (κ3) is 1.05. The van der Waals surface area contributed by atoms with E-state index < -0.39 is 11.8 Å². The zero-order valence-corrected chi connectivity index (χ0v) is 6.44. The molecule has 4 nitrogen and oxygen atoms in total. The molecule has 0 bridgehead atoms. The third-order valence-electron chi connectivity index (χ3n) is 1.73. The van der Waals surface area contributed by atoms with Crippen molar-refractivity contribution < 1.29 is 14.3 Å². The lowest BCUT2D eigenvalue weighted by Crippen LogP contribution is -2.00. The number of carboxylic acid groups (broad SMARTS) is 1. The summed E-state index contributed by atoms with van der Waals surface area (Å²) >= 11 is 0. The highest BCUT2D eigenvalue weighted by atomic mass is 19.1. The second-order valence-electron chi connectivity index (χ2n) is 2.51. The first-order valence-electron chi connectivity index (χ1n) is 3.55. The van der Waals surface area contributed by atoms with Crippen molar-refractivity contribution in [3.8, 4) is 0 Å². The molecule has 0 aliphatic heterocycles. The number of carboxylic acids is 1. The first-order chi connectivity index (χ1) is 6.20. The van der Waals surface area contributed by atoms with Gasteiger partial charge in [-0.15, -0.1) is 0 Å². The van der Waals surface area contributed by atoms with E-state index in [9.17, 15) is 9.18 Å². The van der Waals surface area contributed by atoms with Crippen LogP contribution in [0.25, 0.3) is 5.52 Å². The molecule has 0 aromatic carbocycles. The Bertz CT molecular complexity index is 478. The summed E-state index contributed by atoms with van der Waals surface area (Å²) in [7, 11) is 0. The van der Waals surface area contributed by atoms with E-state index in [0.717, 1.165) is 6.20 Å². The van der Waals surface area contributed by atoms with E-state index in [1.807, 2.05) is 0 Å². The van der Waals surface area contributed by atoms with Crippen molar-refractivity contribution in [2.24, 2.45) is 0 Å². The Hall–Kier alpha value is -1.91. The summed E-state index contributed by atoms with van der Waals surface area (Å²) in [5.74, 6) is -1.79. The Kier molecular flexibility index (Phi) is 1.51. The Morgan fingerprint density at radius 2 is 2.38 bits per heavy atom. The van der Waals surface area contributed by atoms with Crippen LogP contribution in [0.5, 0.6) is 0 Å². The van der Waals surface area contributed by atoms with Gasteiger partial charge in [-0.3, -0.25) is 0 Å². The van der Waals surface area contributed by atoms with Gasteiger partial charge >= 0.3 is 5.97 Å². The Labute approximate surface area is 72.2 Å². The molecule has 0 aliphatic rings. The number of rotatable bonds is 1. The van der Waals surface area contributed by atoms with Crippen molar-refractivity contribution in [3.05, 3.63) is 35.9 Å². The van der Waals surface area contributed by atoms with E-state index in [4.69, 9.17) is 5.11 Å². The Balaban J connectivity index is 2.88. The number of aromatic nitrogens is 2. The third-order valence-corrected chi connectivity index (χ3v) is 1.73. The van der Waals surface area contributed by atoms with E-state index in [1.54, 1.807) is 0 Å². The van der Waals surface area contributed by atoms with Gasteiger partial charge in [0.05, 0.1) is 11.8 Å². The van der Waals surface area contributed by atoms with Crippen LogP contribution in [-0.4, -0.2) is 20.7 Å². The number of halogens is 1. The summed E-state index contributed by atoms with van der Waals surface area (Å²) < 4.78 is 14.2. The molecule has 0 saturated heterocycles. The predicted octanol–water partition coefficient (Wildman–Crippen LogP) is 1.17. The molecule has 0 unspecified atom stereocenters. The van der Waals surface area contributed by atoms with Crippen LogP contribution in [0.1, 0.15) is 10.4 Å². The van der Waals surface area contributed by atoms with Crippen molar-refractivity contribution >= 4 is 11.5 Å². The minimum atomic E-state index is -1.16. The average Bonchev–Trinajstić information content (AvgIpc) is 2.48. The lowest BCUT2D eigenvalue weighted by atomic mass is 10.2. The molecule has 0 saturated carbocycles. The fourth-order valence-corrected chi connectivity index (χ4v) is 1.18. The lowest BCUT2D eigenvalue weighted by Gasteiger charge is -1.97. The molecule has 0 spiro atoms. The van der Waals surface area contributed by atoms with Gasteiger partial charge in [-0.25, -0.2) is 13.7 Å². The summed E-state index contributed by atoms with van der Waals surface area (Å²) in [6.07, 6.45) is 2.48. The summed E-state index contributed by atoms with van der Waals surface area (Å²) in [6, 6.07) is 2.84. The van der Waals surface area contributed by atoms with Gasteiger partial charge in [0.25, 0.3) is 0 Å². The van der Waals surface area contributed by atoms with Crippen LogP contribution < -0.4 is 0 Å². The second-order valence-corrected chi connectivity index (χ2v) is 2.51. The van der Waals surface area contributed by atoms with Crippen LogP contribution in [0, 0.1) is 5.82 Å². The monoisotopic (exact) mass is 180 g/mol. The first kappa shape index (κ1) is 7.72. The van der Waals surface area contributed by atoms with E-state index in [-0.39, 0.29) is 11.1 Å². The summed E-state index contributed by atoms with van der Waals surface area (Å²) in [5.41, 5.74) is -0.0903. The van der Waals surface area contributed by atoms with Crippen molar-refractivity contribution in [3.63, 3.8) is 0 Å². The Morgan fingerprint density at radius 3 is 3.08 bits per heavy atom. The zero-order valence-electron chi connectivity index (χ0n) is 6.44. The molecule has 2 heterocycles. The highest BCUT2D eigenvalue weighted by Crippen LogP contribution is 2.13. The average molecular weight is 180 g/mol. The zero-order chi connectivity index (χ0) is 9.42. The number of hydrogen-bond donors (Lipinski definition) is 1. The maximum atomic E-state index is 13.0. The van der Waals surface area contributed by atoms with Crippen LogP contribution in [-0.2, 0) is 0 Å². The molecule has 5 heteroatoms. The topological polar surface area (TPSA) is 54.6 Å². The normalized spacial score (nSPS) is 10.5. The Morgan fingerprint density at radius 1 is 1.62 bits per heavy atom. The minimum Gasteiger partial charge on any atom is -0.478 e. The van der Waals surface area contributed by atoms with Crippen LogP contribution >= 0.6 is 0 Å². The van der Waals surface area contributed by atoms with E-state index in [0.29, 0.717) is 0 Å². The number of aromatic carboxylic acids is 1. The first-order valence-corrected chi connectivity index (χ1v) is 3.55. The van der Waals surface area contributed by atoms with Gasteiger partial charge in [0.1, 0.15) is 5.52 Å². The molecule has 0 aliphatic carbocycles. The van der Waals surface area contributed by atoms with Crippen molar-refractivity contribution in [1.29, 1.82) is 0 Å². The van der Waals surface area contributed by atoms with Gasteiger partial charge in [-0.2, -0.15) is 5.10 Å². The van der Waals surface area contributed by atoms with Crippen LogP contribution in [0.3, 0.4) is 0 Å². The maximum absolute atomic E-state index is 13.0. The van der Waals surface area contributed by atoms with Gasteiger partial charge in [-0.05, 0) is 12.1 Å². The second kappa shape index (κ2) is 2.55. The van der Waals surface area contributed by atoms with Crippen molar-refractivity contribution in [2.45, 2.75) is 0 Å². The van der Waals surface area contributed by atoms with Gasteiger partial charge < -0.3 is 5.11 Å². The molecule has 1 N–H and O–H groups in total. The van der Waals surface area contributed by atoms with Crippen LogP contribution in [0.15, 0.2) is 24.5 Å². The summed E-state index contributed by atoms with van der Waals surface area (Å²) in [4.78, 5) is 10.7. The summed E-state index contributed by atoms with van der Waals surface area (Å²) in [6.45, 7) is 0. The number of fused-ring (bicyclic) bond motifs is 1. The quantitative estimate of drug-likeness (QED) is 0.716. The largest absolute Gasteiger partial charge is 0.478 e. The van der Waals surface area contributed by atoms with Gasteiger partial charge in [0.2, 0.25) is 0 Å². The predicted molar refractivity (Wildman–Crippen MR) is 42.1 cm³/mol. The smallest absolute Gasteiger partial charge is 0.338 e. The molecule has 0 amide bonds. The lowest BCUT2D eigenvalue weighted by molar-refractivity contribution is 0.0698. The fourth-order valence-electron chi connectivity index (χ4n) is 1.18. The number of pyridine rings is 1. The molecule has 66 valence electrons. The van der Waals surface area contributed by atoms with Crippen molar-refractivity contribution in [1.82, 2.24) is 9.61 Å². The van der Waals surface area contributed by atoms with E-state index in [2.05, 4.69) is 5.10 Å². The maximum Gasteiger partial charge on any atom is 0.338 e. The minimum absolute atomic E-state index is 0.00463. The molecule has 2 aromatic heterocycles. The highest BCUT2D eigenvalue weighted by Gasteiger charge is 2.13. The summed E-state index contributed by atoms with van der Waals surface area (Å²) in [5, 5.41) is 12.4. The number of hydrogen-bond acceptors (Lipinski definition) is 2. The SMILES string of the molecule is O=C(O)c1cccn2ncc(F)c12. The molecule has 0 fully saturated rings. The molecule has 2 aromatic rings. The van der Waals surface area contributed by atoms with E-state index >= 15 is 0 Å². The molecule has 13 heavy (non-hydrogen) atoms. The molecule has 2 rings (SSSR count). The van der Waals surface area contributed by atoms with Crippen molar-refractivity contribution in [2.75, 3.05) is 0 Å². The van der Waals surface area contributed by atoms with E-state index in [1.165, 1.54) is 22.8 Å². The standard InChI is InChI=1S/C8H5FN2O2/c9-6-4-10-11-3-1-2-5(7(6)11)8(12)13/h1-4H,(H,12,13). The van der Waals surface area contributed by atoms with Gasteiger partial charge in [0.15, 0.2) is 5.82 Å². The molecule has 0 radical (unpaired) electrons. The number of carbonyl (C=O) groups is 1. The highest BCUT2D eigenvalue weighted by molar-refractivity contribution is 5.95. The molecular weight excluding hydrogens is 175 g/mol. The molecular formula is C8H5FN2O2.